The molecule has 0 radical (unpaired) electrons. The van der Waals surface area contributed by atoms with Crippen LogP contribution in [-0.4, -0.2) is 25.5 Å². The SMILES string of the molecule is CC(Br)C(=O)Nc1nnns1. The number of alkyl halides is 1. The van der Waals surface area contributed by atoms with Gasteiger partial charge in [-0.3, -0.25) is 10.1 Å². The van der Waals surface area contributed by atoms with Crippen LogP contribution in [0.1, 0.15) is 6.92 Å². The summed E-state index contributed by atoms with van der Waals surface area (Å²) in [4.78, 5) is 10.7. The Balaban J connectivity index is 2.50. The van der Waals surface area contributed by atoms with E-state index < -0.39 is 0 Å². The number of carbonyl (C=O) groups is 1. The fraction of sp³-hybridized carbons (Fsp3) is 0.500. The molecule has 1 rings (SSSR count). The average Bonchev–Trinajstić information content (AvgIpc) is 2.39. The zero-order valence-electron chi connectivity index (χ0n) is 5.61. The molecule has 7 heteroatoms. The van der Waals surface area contributed by atoms with Gasteiger partial charge in [-0.1, -0.05) is 25.5 Å². The molecule has 60 valence electrons. The second-order valence-electron chi connectivity index (χ2n) is 1.77. The summed E-state index contributed by atoms with van der Waals surface area (Å²) in [5.41, 5.74) is 0. The van der Waals surface area contributed by atoms with Crippen LogP contribution in [0.5, 0.6) is 0 Å². The molecule has 1 heterocycles. The number of nitrogens with one attached hydrogen (secondary N) is 1. The molecule has 0 aliphatic carbocycles. The molecule has 11 heavy (non-hydrogen) atoms. The predicted molar refractivity (Wildman–Crippen MR) is 44.7 cm³/mol. The van der Waals surface area contributed by atoms with Crippen LogP contribution in [0.2, 0.25) is 0 Å². The van der Waals surface area contributed by atoms with Crippen molar-refractivity contribution < 1.29 is 4.79 Å². The average molecular weight is 237 g/mol. The molecule has 0 aliphatic rings. The molecule has 0 aliphatic heterocycles. The Hall–Kier alpha value is -0.560. The molecule has 1 unspecified atom stereocenters. The molecular weight excluding hydrogens is 232 g/mol. The minimum absolute atomic E-state index is 0.149. The highest BCUT2D eigenvalue weighted by Crippen LogP contribution is 2.07. The van der Waals surface area contributed by atoms with Crippen LogP contribution < -0.4 is 5.32 Å². The highest BCUT2D eigenvalue weighted by atomic mass is 79.9. The molecule has 0 fully saturated rings. The smallest absolute Gasteiger partial charge is 0.239 e. The van der Waals surface area contributed by atoms with E-state index in [0.29, 0.717) is 5.13 Å². The van der Waals surface area contributed by atoms with Crippen molar-refractivity contribution in [2.45, 2.75) is 11.8 Å². The first kappa shape index (κ1) is 8.54. The molecule has 1 aromatic heterocycles. The Kier molecular flexibility index (Phi) is 2.89. The summed E-state index contributed by atoms with van der Waals surface area (Å²) >= 11 is 4.15. The van der Waals surface area contributed by atoms with E-state index in [1.54, 1.807) is 6.92 Å². The Bertz CT molecular complexity index is 236. The van der Waals surface area contributed by atoms with Crippen LogP contribution >= 0.6 is 27.5 Å². The fourth-order valence-electron chi connectivity index (χ4n) is 0.387. The van der Waals surface area contributed by atoms with E-state index in [1.165, 1.54) is 0 Å². The second kappa shape index (κ2) is 3.72. The highest BCUT2D eigenvalue weighted by Gasteiger charge is 2.10. The van der Waals surface area contributed by atoms with Gasteiger partial charge in [-0.25, -0.2) is 0 Å². The number of anilines is 1. The summed E-state index contributed by atoms with van der Waals surface area (Å²) < 4.78 is 3.49. The normalized spacial score (nSPS) is 12.5. The van der Waals surface area contributed by atoms with Crippen molar-refractivity contribution in [1.29, 1.82) is 0 Å². The number of amides is 1. The van der Waals surface area contributed by atoms with Gasteiger partial charge in [0.1, 0.15) is 0 Å². The number of halogens is 1. The second-order valence-corrected chi connectivity index (χ2v) is 3.88. The molecule has 0 spiro atoms. The molecule has 1 atom stereocenters. The number of hydrogen-bond acceptors (Lipinski definition) is 5. The van der Waals surface area contributed by atoms with Crippen molar-refractivity contribution in [1.82, 2.24) is 14.8 Å². The Morgan fingerprint density at radius 3 is 3.00 bits per heavy atom. The maximum absolute atomic E-state index is 11.0. The first-order valence-corrected chi connectivity index (χ1v) is 4.49. The number of carbonyl (C=O) groups excluding carboxylic acids is 1. The van der Waals surface area contributed by atoms with E-state index in [0.717, 1.165) is 11.5 Å². The van der Waals surface area contributed by atoms with Gasteiger partial charge in [0.15, 0.2) is 0 Å². The topological polar surface area (TPSA) is 67.8 Å². The number of rotatable bonds is 2. The van der Waals surface area contributed by atoms with E-state index in [4.69, 9.17) is 0 Å². The standard InChI is InChI=1S/C4H5BrN4OS/c1-2(5)3(10)6-4-7-8-9-11-4/h2H,1H3,(H,6,7,9,10). The predicted octanol–water partition coefficient (Wildman–Crippen LogP) is 0.655. The van der Waals surface area contributed by atoms with Crippen molar-refractivity contribution >= 4 is 38.5 Å². The van der Waals surface area contributed by atoms with Crippen molar-refractivity contribution in [3.8, 4) is 0 Å². The van der Waals surface area contributed by atoms with Gasteiger partial charge >= 0.3 is 0 Å². The van der Waals surface area contributed by atoms with Gasteiger partial charge in [-0.15, -0.1) is 0 Å². The maximum Gasteiger partial charge on any atom is 0.239 e. The quantitative estimate of drug-likeness (QED) is 0.767. The number of hydrogen-bond donors (Lipinski definition) is 1. The fourth-order valence-corrected chi connectivity index (χ4v) is 0.871. The molecule has 1 N–H and O–H groups in total. The third kappa shape index (κ3) is 2.51. The van der Waals surface area contributed by atoms with Gasteiger partial charge in [0, 0.05) is 11.5 Å². The van der Waals surface area contributed by atoms with Crippen molar-refractivity contribution in [2.75, 3.05) is 5.32 Å². The lowest BCUT2D eigenvalue weighted by molar-refractivity contribution is -0.115. The first-order chi connectivity index (χ1) is 5.20. The Labute approximate surface area is 75.5 Å². The largest absolute Gasteiger partial charge is 0.298 e. The lowest BCUT2D eigenvalue weighted by atomic mass is 10.5. The van der Waals surface area contributed by atoms with Crippen LogP contribution in [0.15, 0.2) is 0 Å². The number of aromatic nitrogens is 3. The van der Waals surface area contributed by atoms with Crippen LogP contribution in [0.4, 0.5) is 5.13 Å². The van der Waals surface area contributed by atoms with Crippen molar-refractivity contribution in [3.63, 3.8) is 0 Å². The maximum atomic E-state index is 11.0. The third-order valence-electron chi connectivity index (χ3n) is 0.891. The van der Waals surface area contributed by atoms with E-state index in [2.05, 4.69) is 36.0 Å². The summed E-state index contributed by atoms with van der Waals surface area (Å²) in [5.74, 6) is -0.149. The van der Waals surface area contributed by atoms with Gasteiger partial charge in [-0.2, -0.15) is 0 Å². The van der Waals surface area contributed by atoms with Gasteiger partial charge in [-0.05, 0) is 12.1 Å². The Morgan fingerprint density at radius 1 is 1.82 bits per heavy atom. The van der Waals surface area contributed by atoms with Crippen LogP contribution in [0.25, 0.3) is 0 Å². The molecule has 0 saturated heterocycles. The van der Waals surface area contributed by atoms with Gasteiger partial charge in [0.2, 0.25) is 11.0 Å². The summed E-state index contributed by atoms with van der Waals surface area (Å²) in [7, 11) is 0. The highest BCUT2D eigenvalue weighted by molar-refractivity contribution is 9.10. The van der Waals surface area contributed by atoms with E-state index in [9.17, 15) is 4.79 Å². The van der Waals surface area contributed by atoms with Crippen molar-refractivity contribution in [2.24, 2.45) is 0 Å². The summed E-state index contributed by atoms with van der Waals surface area (Å²) in [5, 5.41) is 9.80. The Morgan fingerprint density at radius 2 is 2.55 bits per heavy atom. The van der Waals surface area contributed by atoms with Gasteiger partial charge in [0.25, 0.3) is 0 Å². The summed E-state index contributed by atoms with van der Waals surface area (Å²) in [6, 6.07) is 0. The lowest BCUT2D eigenvalue weighted by Crippen LogP contribution is -2.19. The molecule has 0 bridgehead atoms. The molecule has 5 nitrogen and oxygen atoms in total. The van der Waals surface area contributed by atoms with Crippen LogP contribution in [0.3, 0.4) is 0 Å². The molecule has 0 aromatic carbocycles. The molecule has 1 aromatic rings. The minimum Gasteiger partial charge on any atom is -0.298 e. The van der Waals surface area contributed by atoms with Crippen LogP contribution in [-0.2, 0) is 4.79 Å². The lowest BCUT2D eigenvalue weighted by Gasteiger charge is -1.99. The number of nitrogens with zero attached hydrogens (tertiary/aromatic N) is 3. The zero-order valence-corrected chi connectivity index (χ0v) is 8.02. The van der Waals surface area contributed by atoms with E-state index in [1.807, 2.05) is 0 Å². The van der Waals surface area contributed by atoms with Crippen molar-refractivity contribution in [3.05, 3.63) is 0 Å². The first-order valence-electron chi connectivity index (χ1n) is 2.80. The zero-order chi connectivity index (χ0) is 8.27. The van der Waals surface area contributed by atoms with Gasteiger partial charge < -0.3 is 0 Å². The molecule has 0 saturated carbocycles. The molecular formula is C4H5BrN4OS. The van der Waals surface area contributed by atoms with Crippen LogP contribution in [0, 0.1) is 0 Å². The molecule has 1 amide bonds. The summed E-state index contributed by atoms with van der Waals surface area (Å²) in [6.45, 7) is 1.73. The minimum atomic E-state index is -0.230. The summed E-state index contributed by atoms with van der Waals surface area (Å²) in [6.07, 6.45) is 0. The van der Waals surface area contributed by atoms with Gasteiger partial charge in [0.05, 0.1) is 4.83 Å². The van der Waals surface area contributed by atoms with E-state index >= 15 is 0 Å². The third-order valence-corrected chi connectivity index (χ3v) is 1.82. The monoisotopic (exact) mass is 236 g/mol. The van der Waals surface area contributed by atoms with E-state index in [-0.39, 0.29) is 10.7 Å².